The molecule has 38 heavy (non-hydrogen) atoms. The largest absolute Gasteiger partial charge is 0.333 e. The summed E-state index contributed by atoms with van der Waals surface area (Å²) in [4.78, 5) is 18.6. The Kier molecular flexibility index (Phi) is 7.31. The molecule has 194 valence electrons. The second-order valence-corrected chi connectivity index (χ2v) is 9.95. The molecule has 3 heterocycles. The number of hydrogen-bond acceptors (Lipinski definition) is 5. The van der Waals surface area contributed by atoms with Crippen LogP contribution >= 0.6 is 0 Å². The highest BCUT2D eigenvalue weighted by Crippen LogP contribution is 2.29. The number of imidazole rings is 1. The minimum Gasteiger partial charge on any atom is -0.290 e. The van der Waals surface area contributed by atoms with E-state index in [2.05, 4.69) is 66.5 Å². The molecule has 1 N–H and O–H groups in total. The van der Waals surface area contributed by atoms with Gasteiger partial charge in [0.1, 0.15) is 0 Å². The topological polar surface area (TPSA) is 94.3 Å². The average Bonchev–Trinajstić information content (AvgIpc) is 3.57. The van der Waals surface area contributed by atoms with Crippen molar-refractivity contribution < 1.29 is 0 Å². The zero-order chi connectivity index (χ0) is 26.6. The molecule has 8 nitrogen and oxygen atoms in total. The number of unbranched alkanes of at least 4 members (excludes halogenated alkanes) is 1. The third-order valence-corrected chi connectivity index (χ3v) is 6.95. The van der Waals surface area contributed by atoms with E-state index < -0.39 is 0 Å². The first-order valence-electron chi connectivity index (χ1n) is 13.2. The molecule has 0 saturated carbocycles. The molecule has 0 spiro atoms. The molecule has 0 bridgehead atoms. The number of hydrogen-bond donors (Lipinski definition) is 1. The second-order valence-electron chi connectivity index (χ2n) is 9.95. The van der Waals surface area contributed by atoms with E-state index in [1.54, 1.807) is 0 Å². The zero-order valence-electron chi connectivity index (χ0n) is 22.3. The van der Waals surface area contributed by atoms with E-state index in [1.165, 1.54) is 5.56 Å². The summed E-state index contributed by atoms with van der Waals surface area (Å²) >= 11 is 0. The van der Waals surface area contributed by atoms with Crippen LogP contribution in [-0.4, -0.2) is 34.7 Å². The molecular formula is C30H33N7O. The molecular weight excluding hydrogens is 474 g/mol. The molecule has 0 aliphatic heterocycles. The van der Waals surface area contributed by atoms with Gasteiger partial charge in [-0.3, -0.25) is 14.1 Å². The van der Waals surface area contributed by atoms with Crippen molar-refractivity contribution in [3.63, 3.8) is 0 Å². The highest BCUT2D eigenvalue weighted by Gasteiger charge is 2.18. The molecule has 3 aromatic heterocycles. The SMILES string of the molecule is CCCCc1cn(-c2c(C)cccc2C(C)C)c(=O)n1Cc1ccc(-c2ccccc2-c2nn[nH]n2)cn1. The van der Waals surface area contributed by atoms with E-state index >= 15 is 0 Å². The summed E-state index contributed by atoms with van der Waals surface area (Å²) in [6.07, 6.45) is 6.81. The number of aromatic amines is 1. The number of aromatic nitrogens is 7. The Morgan fingerprint density at radius 2 is 1.82 bits per heavy atom. The minimum absolute atomic E-state index is 0.0272. The summed E-state index contributed by atoms with van der Waals surface area (Å²) in [7, 11) is 0. The van der Waals surface area contributed by atoms with E-state index in [1.807, 2.05) is 57.9 Å². The van der Waals surface area contributed by atoms with Crippen molar-refractivity contribution in [2.75, 3.05) is 0 Å². The van der Waals surface area contributed by atoms with Gasteiger partial charge in [0.25, 0.3) is 0 Å². The quantitative estimate of drug-likeness (QED) is 0.276. The number of aryl methyl sites for hydroxylation is 2. The Balaban J connectivity index is 1.51. The van der Waals surface area contributed by atoms with Gasteiger partial charge >= 0.3 is 5.69 Å². The number of nitrogens with zero attached hydrogens (tertiary/aromatic N) is 6. The van der Waals surface area contributed by atoms with Gasteiger partial charge < -0.3 is 0 Å². The third kappa shape index (κ3) is 4.94. The first kappa shape index (κ1) is 25.3. The number of tetrazole rings is 1. The van der Waals surface area contributed by atoms with Gasteiger partial charge in [0.05, 0.1) is 17.9 Å². The van der Waals surface area contributed by atoms with Crippen LogP contribution in [0.5, 0.6) is 0 Å². The third-order valence-electron chi connectivity index (χ3n) is 6.95. The van der Waals surface area contributed by atoms with Crippen molar-refractivity contribution in [3.05, 3.63) is 100.0 Å². The van der Waals surface area contributed by atoms with Gasteiger partial charge in [0, 0.05) is 29.2 Å². The van der Waals surface area contributed by atoms with Crippen molar-refractivity contribution in [1.29, 1.82) is 0 Å². The monoisotopic (exact) mass is 507 g/mol. The van der Waals surface area contributed by atoms with Crippen molar-refractivity contribution in [1.82, 2.24) is 34.7 Å². The first-order valence-corrected chi connectivity index (χ1v) is 13.2. The summed E-state index contributed by atoms with van der Waals surface area (Å²) in [6.45, 7) is 9.00. The van der Waals surface area contributed by atoms with E-state index in [4.69, 9.17) is 4.98 Å². The number of rotatable bonds is 9. The van der Waals surface area contributed by atoms with Crippen molar-refractivity contribution in [2.24, 2.45) is 0 Å². The van der Waals surface area contributed by atoms with E-state index in [-0.39, 0.29) is 5.69 Å². The maximum Gasteiger partial charge on any atom is 0.333 e. The molecule has 0 aliphatic rings. The highest BCUT2D eigenvalue weighted by atomic mass is 16.1. The number of benzene rings is 2. The predicted octanol–water partition coefficient (Wildman–Crippen LogP) is 5.70. The standard InChI is InChI=1S/C30H33N7O/c1-5-6-11-24-19-37(28-21(4)10-9-14-25(28)20(2)3)30(38)36(24)18-23-16-15-22(17-31-23)26-12-7-8-13-27(26)29-32-34-35-33-29/h7-10,12-17,19-20H,5-6,11,18H2,1-4H3,(H,32,33,34,35). The van der Waals surface area contributed by atoms with Crippen LogP contribution in [0.1, 0.15) is 62.0 Å². The van der Waals surface area contributed by atoms with Crippen LogP contribution in [0.3, 0.4) is 0 Å². The average molecular weight is 508 g/mol. The fourth-order valence-electron chi connectivity index (χ4n) is 4.94. The molecule has 0 atom stereocenters. The number of pyridine rings is 1. The van der Waals surface area contributed by atoms with Crippen molar-refractivity contribution in [3.8, 4) is 28.2 Å². The molecule has 0 unspecified atom stereocenters. The minimum atomic E-state index is -0.0272. The maximum atomic E-state index is 13.8. The molecule has 0 aliphatic carbocycles. The summed E-state index contributed by atoms with van der Waals surface area (Å²) < 4.78 is 3.71. The maximum absolute atomic E-state index is 13.8. The van der Waals surface area contributed by atoms with E-state index in [0.717, 1.165) is 58.6 Å². The predicted molar refractivity (Wildman–Crippen MR) is 149 cm³/mol. The smallest absolute Gasteiger partial charge is 0.290 e. The molecule has 2 aromatic carbocycles. The van der Waals surface area contributed by atoms with Gasteiger partial charge in [-0.25, -0.2) is 4.79 Å². The van der Waals surface area contributed by atoms with Gasteiger partial charge in [-0.15, -0.1) is 10.2 Å². The van der Waals surface area contributed by atoms with Crippen LogP contribution in [0.2, 0.25) is 0 Å². The lowest BCUT2D eigenvalue weighted by Gasteiger charge is -2.15. The summed E-state index contributed by atoms with van der Waals surface area (Å²) in [6, 6.07) is 18.2. The Morgan fingerprint density at radius 3 is 2.50 bits per heavy atom. The summed E-state index contributed by atoms with van der Waals surface area (Å²) in [5.41, 5.74) is 7.90. The van der Waals surface area contributed by atoms with Crippen molar-refractivity contribution >= 4 is 0 Å². The Labute approximate surface area is 222 Å². The van der Waals surface area contributed by atoms with Crippen LogP contribution in [0.25, 0.3) is 28.2 Å². The van der Waals surface area contributed by atoms with Crippen LogP contribution in [0.15, 0.2) is 71.8 Å². The van der Waals surface area contributed by atoms with Gasteiger partial charge in [-0.05, 0) is 53.7 Å². The second kappa shape index (κ2) is 11.0. The Hall–Kier alpha value is -4.33. The normalized spacial score (nSPS) is 11.4. The Bertz CT molecular complexity index is 1580. The van der Waals surface area contributed by atoms with Crippen LogP contribution in [-0.2, 0) is 13.0 Å². The van der Waals surface area contributed by atoms with Crippen LogP contribution in [0, 0.1) is 6.92 Å². The lowest BCUT2D eigenvalue weighted by molar-refractivity contribution is 0.663. The number of para-hydroxylation sites is 1. The number of H-pyrrole nitrogens is 1. The van der Waals surface area contributed by atoms with E-state index in [0.29, 0.717) is 18.3 Å². The van der Waals surface area contributed by atoms with Gasteiger partial charge in [0.2, 0.25) is 5.82 Å². The highest BCUT2D eigenvalue weighted by molar-refractivity contribution is 5.79. The molecule has 0 amide bonds. The molecule has 0 radical (unpaired) electrons. The fraction of sp³-hybridized carbons (Fsp3) is 0.300. The lowest BCUT2D eigenvalue weighted by atomic mass is 9.98. The van der Waals surface area contributed by atoms with E-state index in [9.17, 15) is 4.79 Å². The lowest BCUT2D eigenvalue weighted by Crippen LogP contribution is -2.26. The van der Waals surface area contributed by atoms with Gasteiger partial charge in [-0.2, -0.15) is 5.21 Å². The van der Waals surface area contributed by atoms with Crippen LogP contribution < -0.4 is 5.69 Å². The summed E-state index contributed by atoms with van der Waals surface area (Å²) in [5.74, 6) is 0.846. The zero-order valence-corrected chi connectivity index (χ0v) is 22.3. The Morgan fingerprint density at radius 1 is 1.00 bits per heavy atom. The summed E-state index contributed by atoms with van der Waals surface area (Å²) in [5, 5.41) is 14.5. The number of nitrogens with one attached hydrogen (secondary N) is 1. The van der Waals surface area contributed by atoms with Crippen LogP contribution in [0.4, 0.5) is 0 Å². The molecule has 0 saturated heterocycles. The fourth-order valence-corrected chi connectivity index (χ4v) is 4.94. The molecule has 0 fully saturated rings. The van der Waals surface area contributed by atoms with Gasteiger partial charge in [-0.1, -0.05) is 75.7 Å². The molecule has 8 heteroatoms. The molecule has 5 aromatic rings. The molecule has 5 rings (SSSR count). The van der Waals surface area contributed by atoms with Gasteiger partial charge in [0.15, 0.2) is 0 Å². The first-order chi connectivity index (χ1) is 18.5. The van der Waals surface area contributed by atoms with Crippen molar-refractivity contribution in [2.45, 2.75) is 59.4 Å².